The van der Waals surface area contributed by atoms with Crippen LogP contribution >= 0.6 is 0 Å². The standard InChI is InChI=1S/C15H20N4/c1-11-5-3-6-12-9-16-18-15(14(11)12)17-13-7-4-8-19(2)10-13/h3,5-6,9,13H,4,7-8,10H2,1-2H3,(H,17,18). The quantitative estimate of drug-likeness (QED) is 0.896. The van der Waals surface area contributed by atoms with Gasteiger partial charge in [0, 0.05) is 23.4 Å². The second-order valence-corrected chi connectivity index (χ2v) is 5.48. The van der Waals surface area contributed by atoms with Crippen molar-refractivity contribution in [3.05, 3.63) is 30.0 Å². The second-order valence-electron chi connectivity index (χ2n) is 5.48. The number of rotatable bonds is 2. The Bertz CT molecular complexity index is 576. The van der Waals surface area contributed by atoms with Crippen molar-refractivity contribution in [1.82, 2.24) is 15.1 Å². The van der Waals surface area contributed by atoms with Gasteiger partial charge in [0.15, 0.2) is 5.82 Å². The lowest BCUT2D eigenvalue weighted by Crippen LogP contribution is -2.40. The van der Waals surface area contributed by atoms with E-state index in [-0.39, 0.29) is 0 Å². The van der Waals surface area contributed by atoms with Crippen molar-refractivity contribution in [2.75, 3.05) is 25.5 Å². The number of anilines is 1. The molecule has 1 aromatic heterocycles. The van der Waals surface area contributed by atoms with Crippen molar-refractivity contribution in [2.45, 2.75) is 25.8 Å². The Labute approximate surface area is 113 Å². The third-order valence-electron chi connectivity index (χ3n) is 3.86. The molecule has 1 fully saturated rings. The van der Waals surface area contributed by atoms with Crippen LogP contribution in [0.1, 0.15) is 18.4 Å². The number of piperidine rings is 1. The Balaban J connectivity index is 1.92. The number of nitrogens with one attached hydrogen (secondary N) is 1. The summed E-state index contributed by atoms with van der Waals surface area (Å²) < 4.78 is 0. The highest BCUT2D eigenvalue weighted by Gasteiger charge is 2.18. The summed E-state index contributed by atoms with van der Waals surface area (Å²) in [6.45, 7) is 4.39. The Morgan fingerprint density at radius 2 is 2.26 bits per heavy atom. The maximum atomic E-state index is 4.31. The van der Waals surface area contributed by atoms with E-state index in [2.05, 4.69) is 52.6 Å². The number of benzene rings is 1. The molecule has 1 aliphatic heterocycles. The fourth-order valence-corrected chi connectivity index (χ4v) is 2.90. The molecule has 19 heavy (non-hydrogen) atoms. The molecule has 4 heteroatoms. The summed E-state index contributed by atoms with van der Waals surface area (Å²) in [5.41, 5.74) is 1.25. The van der Waals surface area contributed by atoms with E-state index in [1.807, 2.05) is 6.20 Å². The Morgan fingerprint density at radius 1 is 1.37 bits per heavy atom. The maximum absolute atomic E-state index is 4.31. The van der Waals surface area contributed by atoms with Gasteiger partial charge in [-0.1, -0.05) is 18.2 Å². The van der Waals surface area contributed by atoms with Gasteiger partial charge in [-0.05, 0) is 38.9 Å². The van der Waals surface area contributed by atoms with Gasteiger partial charge in [-0.15, -0.1) is 5.10 Å². The van der Waals surface area contributed by atoms with Gasteiger partial charge in [0.1, 0.15) is 0 Å². The van der Waals surface area contributed by atoms with E-state index in [9.17, 15) is 0 Å². The molecule has 0 radical (unpaired) electrons. The van der Waals surface area contributed by atoms with Gasteiger partial charge >= 0.3 is 0 Å². The van der Waals surface area contributed by atoms with E-state index in [1.54, 1.807) is 0 Å². The zero-order chi connectivity index (χ0) is 13.2. The number of nitrogens with zero attached hydrogens (tertiary/aromatic N) is 3. The van der Waals surface area contributed by atoms with Crippen LogP contribution in [0, 0.1) is 6.92 Å². The zero-order valence-electron chi connectivity index (χ0n) is 11.6. The molecule has 3 rings (SSSR count). The molecule has 1 aliphatic rings. The molecule has 2 aromatic rings. The lowest BCUT2D eigenvalue weighted by molar-refractivity contribution is 0.261. The van der Waals surface area contributed by atoms with E-state index in [4.69, 9.17) is 0 Å². The summed E-state index contributed by atoms with van der Waals surface area (Å²) >= 11 is 0. The van der Waals surface area contributed by atoms with Crippen molar-refractivity contribution >= 4 is 16.6 Å². The average molecular weight is 256 g/mol. The first-order valence-corrected chi connectivity index (χ1v) is 6.90. The molecule has 0 bridgehead atoms. The lowest BCUT2D eigenvalue weighted by Gasteiger charge is -2.30. The number of likely N-dealkylation sites (tertiary alicyclic amines) is 1. The zero-order valence-corrected chi connectivity index (χ0v) is 11.6. The molecule has 4 nitrogen and oxygen atoms in total. The third-order valence-corrected chi connectivity index (χ3v) is 3.86. The number of hydrogen-bond acceptors (Lipinski definition) is 4. The lowest BCUT2D eigenvalue weighted by atomic mass is 10.0. The number of hydrogen-bond donors (Lipinski definition) is 1. The molecule has 1 N–H and O–H groups in total. The summed E-state index contributed by atoms with van der Waals surface area (Å²) in [7, 11) is 2.17. The minimum atomic E-state index is 0.471. The van der Waals surface area contributed by atoms with Crippen LogP contribution in [0.4, 0.5) is 5.82 Å². The first-order valence-electron chi connectivity index (χ1n) is 6.90. The van der Waals surface area contributed by atoms with E-state index in [0.717, 1.165) is 17.7 Å². The van der Waals surface area contributed by atoms with Crippen molar-refractivity contribution < 1.29 is 0 Å². The summed E-state index contributed by atoms with van der Waals surface area (Å²) in [4.78, 5) is 2.37. The minimum absolute atomic E-state index is 0.471. The predicted octanol–water partition coefficient (Wildman–Crippen LogP) is 2.44. The number of aromatic nitrogens is 2. The maximum Gasteiger partial charge on any atom is 0.157 e. The SMILES string of the molecule is Cc1cccc2cnnc(NC3CCCN(C)C3)c12. The van der Waals surface area contributed by atoms with Crippen molar-refractivity contribution in [2.24, 2.45) is 0 Å². The number of aryl methyl sites for hydroxylation is 1. The largest absolute Gasteiger partial charge is 0.364 e. The molecule has 1 aromatic carbocycles. The monoisotopic (exact) mass is 256 g/mol. The molecule has 1 atom stereocenters. The van der Waals surface area contributed by atoms with Crippen molar-refractivity contribution in [1.29, 1.82) is 0 Å². The Hall–Kier alpha value is -1.68. The van der Waals surface area contributed by atoms with Crippen LogP contribution in [0.15, 0.2) is 24.4 Å². The molecule has 2 heterocycles. The average Bonchev–Trinajstić information content (AvgIpc) is 2.39. The second kappa shape index (κ2) is 5.13. The summed E-state index contributed by atoms with van der Waals surface area (Å²) in [5.74, 6) is 0.927. The van der Waals surface area contributed by atoms with Crippen molar-refractivity contribution in [3.8, 4) is 0 Å². The number of fused-ring (bicyclic) bond motifs is 1. The van der Waals surface area contributed by atoms with Crippen LogP contribution in [-0.4, -0.2) is 41.3 Å². The van der Waals surface area contributed by atoms with E-state index in [0.29, 0.717) is 6.04 Å². The highest BCUT2D eigenvalue weighted by molar-refractivity contribution is 5.93. The van der Waals surface area contributed by atoms with Crippen LogP contribution < -0.4 is 5.32 Å². The van der Waals surface area contributed by atoms with Crippen molar-refractivity contribution in [3.63, 3.8) is 0 Å². The minimum Gasteiger partial charge on any atom is -0.364 e. The van der Waals surface area contributed by atoms with E-state index < -0.39 is 0 Å². The van der Waals surface area contributed by atoms with Crippen LogP contribution in [0.2, 0.25) is 0 Å². The Kier molecular flexibility index (Phi) is 3.34. The first kappa shape index (κ1) is 12.4. The molecule has 0 aliphatic carbocycles. The molecular weight excluding hydrogens is 236 g/mol. The van der Waals surface area contributed by atoms with E-state index >= 15 is 0 Å². The van der Waals surface area contributed by atoms with Gasteiger partial charge in [0.25, 0.3) is 0 Å². The third kappa shape index (κ3) is 2.54. The molecule has 0 amide bonds. The summed E-state index contributed by atoms with van der Waals surface area (Å²) in [5, 5.41) is 14.4. The van der Waals surface area contributed by atoms with Gasteiger partial charge in [-0.2, -0.15) is 5.10 Å². The fraction of sp³-hybridized carbons (Fsp3) is 0.467. The Morgan fingerprint density at radius 3 is 3.11 bits per heavy atom. The van der Waals surface area contributed by atoms with Crippen LogP contribution in [0.25, 0.3) is 10.8 Å². The van der Waals surface area contributed by atoms with Crippen LogP contribution in [-0.2, 0) is 0 Å². The van der Waals surface area contributed by atoms with Gasteiger partial charge in [-0.3, -0.25) is 0 Å². The molecule has 1 saturated heterocycles. The van der Waals surface area contributed by atoms with Gasteiger partial charge < -0.3 is 10.2 Å². The van der Waals surface area contributed by atoms with Gasteiger partial charge in [-0.25, -0.2) is 0 Å². The highest BCUT2D eigenvalue weighted by atomic mass is 15.2. The summed E-state index contributed by atoms with van der Waals surface area (Å²) in [6.07, 6.45) is 4.28. The molecular formula is C15H20N4. The number of likely N-dealkylation sites (N-methyl/N-ethyl adjacent to an activating group) is 1. The normalized spacial score (nSPS) is 20.6. The van der Waals surface area contributed by atoms with Crippen LogP contribution in [0.3, 0.4) is 0 Å². The van der Waals surface area contributed by atoms with Crippen LogP contribution in [0.5, 0.6) is 0 Å². The molecule has 100 valence electrons. The highest BCUT2D eigenvalue weighted by Crippen LogP contribution is 2.25. The van der Waals surface area contributed by atoms with Gasteiger partial charge in [0.2, 0.25) is 0 Å². The molecule has 0 spiro atoms. The molecule has 0 saturated carbocycles. The van der Waals surface area contributed by atoms with E-state index in [1.165, 1.54) is 30.3 Å². The predicted molar refractivity (Wildman–Crippen MR) is 78.4 cm³/mol. The topological polar surface area (TPSA) is 41.1 Å². The summed E-state index contributed by atoms with van der Waals surface area (Å²) in [6, 6.07) is 6.76. The fourth-order valence-electron chi connectivity index (χ4n) is 2.90. The molecule has 1 unspecified atom stereocenters. The van der Waals surface area contributed by atoms with Gasteiger partial charge in [0.05, 0.1) is 6.20 Å². The smallest absolute Gasteiger partial charge is 0.157 e. The first-order chi connectivity index (χ1) is 9.24.